The topological polar surface area (TPSA) is 17.1 Å². The molecule has 1 aromatic carbocycles. The number of carbonyl (C=O) groups is 1. The van der Waals surface area contributed by atoms with E-state index in [-0.39, 0.29) is 0 Å². The quantitative estimate of drug-likeness (QED) is 0.670. The molecule has 1 aliphatic rings. The second-order valence-electron chi connectivity index (χ2n) is 3.46. The molecule has 1 heterocycles. The number of aldehydes is 1. The second kappa shape index (κ2) is 3.54. The van der Waals surface area contributed by atoms with Gasteiger partial charge in [0.05, 0.1) is 0 Å². The van der Waals surface area contributed by atoms with E-state index in [1.54, 1.807) is 0 Å². The molecule has 0 saturated carbocycles. The van der Waals surface area contributed by atoms with Crippen LogP contribution in [-0.4, -0.2) is 12.0 Å². The van der Waals surface area contributed by atoms with Gasteiger partial charge in [0, 0.05) is 17.1 Å². The Kier molecular flexibility index (Phi) is 2.40. The third-order valence-electron chi connectivity index (χ3n) is 2.42. The Morgan fingerprint density at radius 1 is 1.62 bits per heavy atom. The molecule has 0 spiro atoms. The monoisotopic (exact) mass is 192 g/mol. The normalized spacial score (nSPS) is 19.9. The third-order valence-corrected chi connectivity index (χ3v) is 3.75. The van der Waals surface area contributed by atoms with Crippen LogP contribution < -0.4 is 0 Å². The molecule has 0 radical (unpaired) electrons. The van der Waals surface area contributed by atoms with Gasteiger partial charge in [-0.25, -0.2) is 0 Å². The van der Waals surface area contributed by atoms with Crippen LogP contribution in [-0.2, 0) is 11.2 Å². The molecule has 0 aromatic heterocycles. The lowest BCUT2D eigenvalue weighted by Gasteiger charge is -2.03. The molecule has 0 N–H and O–H groups in total. The van der Waals surface area contributed by atoms with Crippen LogP contribution in [0.15, 0.2) is 23.1 Å². The molecule has 1 aliphatic heterocycles. The molecular formula is C11H12OS. The smallest absolute Gasteiger partial charge is 0.124 e. The van der Waals surface area contributed by atoms with Crippen molar-refractivity contribution in [1.29, 1.82) is 0 Å². The van der Waals surface area contributed by atoms with E-state index in [2.05, 4.69) is 25.1 Å². The van der Waals surface area contributed by atoms with Gasteiger partial charge in [-0.05, 0) is 23.1 Å². The van der Waals surface area contributed by atoms with Gasteiger partial charge in [0.15, 0.2) is 0 Å². The molecule has 0 saturated heterocycles. The summed E-state index contributed by atoms with van der Waals surface area (Å²) in [5.74, 6) is 1.85. The highest BCUT2D eigenvalue weighted by Gasteiger charge is 2.18. The molecule has 13 heavy (non-hydrogen) atoms. The zero-order valence-electron chi connectivity index (χ0n) is 7.62. The van der Waals surface area contributed by atoms with Crippen LogP contribution in [0.2, 0.25) is 0 Å². The summed E-state index contributed by atoms with van der Waals surface area (Å²) in [6, 6.07) is 6.38. The summed E-state index contributed by atoms with van der Waals surface area (Å²) in [5, 5.41) is 0. The Morgan fingerprint density at radius 2 is 2.46 bits per heavy atom. The van der Waals surface area contributed by atoms with Gasteiger partial charge in [-0.3, -0.25) is 0 Å². The van der Waals surface area contributed by atoms with Crippen LogP contribution in [0.1, 0.15) is 24.0 Å². The Balaban J connectivity index is 2.33. The first-order chi connectivity index (χ1) is 6.31. The Labute approximate surface area is 82.5 Å². The SMILES string of the molecule is CC1CSc2cc(CC=O)ccc21. The molecule has 1 atom stereocenters. The standard InChI is InChI=1S/C11H12OS/c1-8-7-13-11-6-9(4-5-12)2-3-10(8)11/h2-3,5-6,8H,4,7H2,1H3. The highest BCUT2D eigenvalue weighted by atomic mass is 32.2. The number of fused-ring (bicyclic) bond motifs is 1. The van der Waals surface area contributed by atoms with E-state index in [0.717, 1.165) is 11.8 Å². The van der Waals surface area contributed by atoms with E-state index in [0.29, 0.717) is 12.3 Å². The van der Waals surface area contributed by atoms with Crippen molar-refractivity contribution in [2.24, 2.45) is 0 Å². The highest BCUT2D eigenvalue weighted by Crippen LogP contribution is 2.39. The van der Waals surface area contributed by atoms with Gasteiger partial charge >= 0.3 is 0 Å². The van der Waals surface area contributed by atoms with Gasteiger partial charge in [0.1, 0.15) is 6.29 Å². The van der Waals surface area contributed by atoms with Crippen molar-refractivity contribution in [2.45, 2.75) is 24.2 Å². The van der Waals surface area contributed by atoms with Crippen molar-refractivity contribution in [1.82, 2.24) is 0 Å². The van der Waals surface area contributed by atoms with Crippen molar-refractivity contribution < 1.29 is 4.79 Å². The van der Waals surface area contributed by atoms with Gasteiger partial charge in [0.2, 0.25) is 0 Å². The molecule has 1 nitrogen and oxygen atoms in total. The Hall–Kier alpha value is -0.760. The summed E-state index contributed by atoms with van der Waals surface area (Å²) >= 11 is 1.90. The number of hydrogen-bond acceptors (Lipinski definition) is 2. The Bertz CT molecular complexity index is 333. The van der Waals surface area contributed by atoms with E-state index >= 15 is 0 Å². The first-order valence-corrected chi connectivity index (χ1v) is 5.49. The lowest BCUT2D eigenvalue weighted by Crippen LogP contribution is -1.91. The van der Waals surface area contributed by atoms with Gasteiger partial charge < -0.3 is 4.79 Å². The average molecular weight is 192 g/mol. The minimum atomic E-state index is 0.544. The van der Waals surface area contributed by atoms with Crippen LogP contribution in [0.25, 0.3) is 0 Å². The van der Waals surface area contributed by atoms with Gasteiger partial charge in [-0.2, -0.15) is 0 Å². The van der Waals surface area contributed by atoms with E-state index < -0.39 is 0 Å². The molecular weight excluding hydrogens is 180 g/mol. The van der Waals surface area contributed by atoms with Gasteiger partial charge in [-0.15, -0.1) is 11.8 Å². The molecule has 0 bridgehead atoms. The summed E-state index contributed by atoms with van der Waals surface area (Å²) < 4.78 is 0. The maximum Gasteiger partial charge on any atom is 0.124 e. The summed E-state index contributed by atoms with van der Waals surface area (Å²) in [6.07, 6.45) is 1.51. The minimum absolute atomic E-state index is 0.544. The number of hydrogen-bond donors (Lipinski definition) is 0. The van der Waals surface area contributed by atoms with Crippen molar-refractivity contribution >= 4 is 18.0 Å². The van der Waals surface area contributed by atoms with E-state index in [1.165, 1.54) is 16.2 Å². The summed E-state index contributed by atoms with van der Waals surface area (Å²) in [7, 11) is 0. The van der Waals surface area contributed by atoms with Crippen LogP contribution in [0.3, 0.4) is 0 Å². The predicted octanol–water partition coefficient (Wildman–Crippen LogP) is 2.64. The molecule has 0 aliphatic carbocycles. The second-order valence-corrected chi connectivity index (χ2v) is 4.52. The fraction of sp³-hybridized carbons (Fsp3) is 0.364. The highest BCUT2D eigenvalue weighted by molar-refractivity contribution is 7.99. The lowest BCUT2D eigenvalue weighted by molar-refractivity contribution is -0.107. The molecule has 1 aromatic rings. The van der Waals surface area contributed by atoms with Gasteiger partial charge in [-0.1, -0.05) is 19.1 Å². The minimum Gasteiger partial charge on any atom is -0.303 e. The van der Waals surface area contributed by atoms with Crippen molar-refractivity contribution in [3.8, 4) is 0 Å². The molecule has 2 heteroatoms. The van der Waals surface area contributed by atoms with Crippen molar-refractivity contribution in [3.05, 3.63) is 29.3 Å². The molecule has 0 fully saturated rings. The molecule has 1 unspecified atom stereocenters. The average Bonchev–Trinajstić information content (AvgIpc) is 2.48. The van der Waals surface area contributed by atoms with Crippen LogP contribution in [0, 0.1) is 0 Å². The maximum absolute atomic E-state index is 10.3. The van der Waals surface area contributed by atoms with Gasteiger partial charge in [0.25, 0.3) is 0 Å². The fourth-order valence-corrected chi connectivity index (χ4v) is 2.92. The van der Waals surface area contributed by atoms with Crippen LogP contribution in [0.5, 0.6) is 0 Å². The third kappa shape index (κ3) is 1.63. The first-order valence-electron chi connectivity index (χ1n) is 4.50. The largest absolute Gasteiger partial charge is 0.303 e. The first kappa shape index (κ1) is 8.82. The van der Waals surface area contributed by atoms with E-state index in [4.69, 9.17) is 0 Å². The summed E-state index contributed by atoms with van der Waals surface area (Å²) in [4.78, 5) is 11.7. The predicted molar refractivity (Wildman–Crippen MR) is 55.3 cm³/mol. The lowest BCUT2D eigenvalue weighted by atomic mass is 10.0. The number of thioether (sulfide) groups is 1. The summed E-state index contributed by atoms with van der Waals surface area (Å²) in [5.41, 5.74) is 2.58. The Morgan fingerprint density at radius 3 is 3.23 bits per heavy atom. The zero-order chi connectivity index (χ0) is 9.26. The number of carbonyl (C=O) groups excluding carboxylic acids is 1. The van der Waals surface area contributed by atoms with E-state index in [9.17, 15) is 4.79 Å². The molecule has 68 valence electrons. The molecule has 0 amide bonds. The van der Waals surface area contributed by atoms with Crippen LogP contribution in [0.4, 0.5) is 0 Å². The fourth-order valence-electron chi connectivity index (χ4n) is 1.64. The maximum atomic E-state index is 10.3. The summed E-state index contributed by atoms with van der Waals surface area (Å²) in [6.45, 7) is 2.25. The number of rotatable bonds is 2. The van der Waals surface area contributed by atoms with Crippen LogP contribution >= 0.6 is 11.8 Å². The van der Waals surface area contributed by atoms with E-state index in [1.807, 2.05) is 11.8 Å². The van der Waals surface area contributed by atoms with Crippen molar-refractivity contribution in [2.75, 3.05) is 5.75 Å². The van der Waals surface area contributed by atoms with Crippen molar-refractivity contribution in [3.63, 3.8) is 0 Å². The molecule has 2 rings (SSSR count). The zero-order valence-corrected chi connectivity index (χ0v) is 8.43. The number of benzene rings is 1.